The topological polar surface area (TPSA) is 72.8 Å². The van der Waals surface area contributed by atoms with Gasteiger partial charge in [0.15, 0.2) is 6.29 Å². The minimum absolute atomic E-state index is 0.0121. The Morgan fingerprint density at radius 2 is 2.12 bits per heavy atom. The molecule has 4 unspecified atom stereocenters. The van der Waals surface area contributed by atoms with Gasteiger partial charge in [0.2, 0.25) is 0 Å². The van der Waals surface area contributed by atoms with Crippen LogP contribution in [-0.4, -0.2) is 35.9 Å². The molecule has 1 aliphatic heterocycles. The van der Waals surface area contributed by atoms with Crippen LogP contribution < -0.4 is 0 Å². The van der Waals surface area contributed by atoms with Crippen LogP contribution in [0, 0.1) is 17.8 Å². The summed E-state index contributed by atoms with van der Waals surface area (Å²) < 4.78 is 12.1. The molecule has 0 amide bonds. The second-order valence-corrected chi connectivity index (χ2v) is 9.10. The number of unbranched alkanes of at least 4 members (excludes halogenated alkanes) is 3. The van der Waals surface area contributed by atoms with Crippen molar-refractivity contribution in [3.8, 4) is 0 Å². The number of hydrogen-bond donors (Lipinski definition) is 1. The number of carboxylic acids is 1. The SMILES string of the molecule is C=CC1CC(=O)C(CC=CCCCC(=O)O)C1C=C[C@@H](CCCCC)OC1CCCCO1. The number of rotatable bonds is 15. The fourth-order valence-corrected chi connectivity index (χ4v) is 4.64. The summed E-state index contributed by atoms with van der Waals surface area (Å²) in [7, 11) is 0. The molecule has 1 heterocycles. The van der Waals surface area contributed by atoms with E-state index in [9.17, 15) is 9.59 Å². The molecule has 5 heteroatoms. The van der Waals surface area contributed by atoms with Gasteiger partial charge in [-0.15, -0.1) is 6.58 Å². The van der Waals surface area contributed by atoms with Crippen LogP contribution in [0.15, 0.2) is 37.0 Å². The zero-order valence-electron chi connectivity index (χ0n) is 19.8. The smallest absolute Gasteiger partial charge is 0.303 e. The minimum atomic E-state index is -0.766. The lowest BCUT2D eigenvalue weighted by atomic mass is 9.86. The maximum absolute atomic E-state index is 12.7. The predicted octanol–water partition coefficient (Wildman–Crippen LogP) is 6.24. The van der Waals surface area contributed by atoms with Gasteiger partial charge in [-0.2, -0.15) is 0 Å². The number of allylic oxidation sites excluding steroid dienone is 4. The Kier molecular flexibility index (Phi) is 12.6. The third-order valence-corrected chi connectivity index (χ3v) is 6.53. The quantitative estimate of drug-likeness (QED) is 0.238. The van der Waals surface area contributed by atoms with E-state index in [1.54, 1.807) is 0 Å². The third-order valence-electron chi connectivity index (χ3n) is 6.53. The summed E-state index contributed by atoms with van der Waals surface area (Å²) in [5.41, 5.74) is 0. The van der Waals surface area contributed by atoms with Crippen LogP contribution in [0.4, 0.5) is 0 Å². The number of carboxylic acid groups (broad SMARTS) is 1. The van der Waals surface area contributed by atoms with Gasteiger partial charge in [-0.1, -0.05) is 56.6 Å². The zero-order valence-corrected chi connectivity index (χ0v) is 19.8. The Balaban J connectivity index is 1.99. The Labute approximate surface area is 193 Å². The first-order valence-electron chi connectivity index (χ1n) is 12.5. The van der Waals surface area contributed by atoms with Crippen LogP contribution >= 0.6 is 0 Å². The predicted molar refractivity (Wildman–Crippen MR) is 127 cm³/mol. The maximum atomic E-state index is 12.7. The first-order chi connectivity index (χ1) is 15.5. The first kappa shape index (κ1) is 26.5. The van der Waals surface area contributed by atoms with Crippen molar-refractivity contribution < 1.29 is 24.2 Å². The molecule has 1 aliphatic carbocycles. The number of hydrogen-bond acceptors (Lipinski definition) is 4. The molecule has 1 saturated carbocycles. The summed E-state index contributed by atoms with van der Waals surface area (Å²) in [6.07, 6.45) is 20.6. The minimum Gasteiger partial charge on any atom is -0.481 e. The van der Waals surface area contributed by atoms with Crippen LogP contribution in [0.5, 0.6) is 0 Å². The summed E-state index contributed by atoms with van der Waals surface area (Å²) in [6.45, 7) is 6.94. The second-order valence-electron chi connectivity index (χ2n) is 9.10. The molecule has 0 aromatic heterocycles. The Morgan fingerprint density at radius 1 is 1.28 bits per heavy atom. The molecule has 180 valence electrons. The Morgan fingerprint density at radius 3 is 2.81 bits per heavy atom. The maximum Gasteiger partial charge on any atom is 0.303 e. The summed E-state index contributed by atoms with van der Waals surface area (Å²) in [6, 6.07) is 0. The van der Waals surface area contributed by atoms with Gasteiger partial charge in [-0.3, -0.25) is 9.59 Å². The van der Waals surface area contributed by atoms with Gasteiger partial charge in [-0.05, 0) is 56.8 Å². The molecular formula is C27H42O5. The monoisotopic (exact) mass is 446 g/mol. The summed E-state index contributed by atoms with van der Waals surface area (Å²) in [4.78, 5) is 23.3. The lowest BCUT2D eigenvalue weighted by molar-refractivity contribution is -0.179. The van der Waals surface area contributed by atoms with Crippen molar-refractivity contribution in [2.75, 3.05) is 6.61 Å². The fraction of sp³-hybridized carbons (Fsp3) is 0.704. The van der Waals surface area contributed by atoms with Crippen LogP contribution in [0.3, 0.4) is 0 Å². The summed E-state index contributed by atoms with van der Waals surface area (Å²) in [5.74, 6) is -0.233. The van der Waals surface area contributed by atoms with Crippen LogP contribution in [0.1, 0.15) is 84.0 Å². The molecule has 0 spiro atoms. The largest absolute Gasteiger partial charge is 0.481 e. The summed E-state index contributed by atoms with van der Waals surface area (Å²) in [5, 5.41) is 8.74. The van der Waals surface area contributed by atoms with Gasteiger partial charge in [-0.25, -0.2) is 0 Å². The van der Waals surface area contributed by atoms with Gasteiger partial charge in [0.25, 0.3) is 0 Å². The van der Waals surface area contributed by atoms with Crippen molar-refractivity contribution in [3.05, 3.63) is 37.0 Å². The van der Waals surface area contributed by atoms with E-state index < -0.39 is 5.97 Å². The lowest BCUT2D eigenvalue weighted by Crippen LogP contribution is -2.27. The van der Waals surface area contributed by atoms with Gasteiger partial charge in [0, 0.05) is 25.4 Å². The number of carbonyl (C=O) groups is 2. The van der Waals surface area contributed by atoms with E-state index in [1.165, 1.54) is 12.8 Å². The fourth-order valence-electron chi connectivity index (χ4n) is 4.64. The van der Waals surface area contributed by atoms with E-state index in [0.29, 0.717) is 25.0 Å². The van der Waals surface area contributed by atoms with Crippen molar-refractivity contribution in [2.45, 2.75) is 96.4 Å². The average Bonchev–Trinajstić information content (AvgIpc) is 3.09. The molecule has 2 aliphatic rings. The number of ether oxygens (including phenoxy) is 2. The van der Waals surface area contributed by atoms with E-state index >= 15 is 0 Å². The molecule has 1 saturated heterocycles. The molecule has 32 heavy (non-hydrogen) atoms. The van der Waals surface area contributed by atoms with Gasteiger partial charge >= 0.3 is 5.97 Å². The number of ketones is 1. The van der Waals surface area contributed by atoms with Crippen LogP contribution in [0.25, 0.3) is 0 Å². The van der Waals surface area contributed by atoms with E-state index in [1.807, 2.05) is 18.2 Å². The summed E-state index contributed by atoms with van der Waals surface area (Å²) >= 11 is 0. The Hall–Kier alpha value is -1.72. The number of aliphatic carboxylic acids is 1. The van der Waals surface area contributed by atoms with Gasteiger partial charge in [0.1, 0.15) is 5.78 Å². The highest BCUT2D eigenvalue weighted by molar-refractivity contribution is 5.84. The molecule has 5 nitrogen and oxygen atoms in total. The van der Waals surface area contributed by atoms with Crippen molar-refractivity contribution in [1.82, 2.24) is 0 Å². The highest BCUT2D eigenvalue weighted by atomic mass is 16.7. The van der Waals surface area contributed by atoms with E-state index in [4.69, 9.17) is 14.6 Å². The highest BCUT2D eigenvalue weighted by Crippen LogP contribution is 2.38. The van der Waals surface area contributed by atoms with Crippen molar-refractivity contribution in [1.29, 1.82) is 0 Å². The molecular weight excluding hydrogens is 404 g/mol. The van der Waals surface area contributed by atoms with Crippen LogP contribution in [0.2, 0.25) is 0 Å². The molecule has 0 radical (unpaired) electrons. The number of Topliss-reactive ketones (excluding diaryl/α,β-unsaturated/α-hetero) is 1. The van der Waals surface area contributed by atoms with Crippen molar-refractivity contribution in [2.24, 2.45) is 17.8 Å². The van der Waals surface area contributed by atoms with Crippen LogP contribution in [-0.2, 0) is 19.1 Å². The van der Waals surface area contributed by atoms with Gasteiger partial charge in [0.05, 0.1) is 6.10 Å². The second kappa shape index (κ2) is 15.2. The standard InChI is InChI=1S/C27H42O5/c1-3-5-8-13-22(32-27-16-11-12-19-31-27)17-18-23-21(4-2)20-25(28)24(23)14-9-6-7-10-15-26(29)30/h4,6,9,17-18,21-24,27H,2-3,5,7-8,10-16,19-20H2,1H3,(H,29,30)/t21?,22-,23?,24?,27?/m1/s1. The van der Waals surface area contributed by atoms with E-state index in [-0.39, 0.29) is 36.6 Å². The average molecular weight is 447 g/mol. The molecule has 2 fully saturated rings. The van der Waals surface area contributed by atoms with E-state index in [2.05, 4.69) is 25.7 Å². The zero-order chi connectivity index (χ0) is 23.2. The van der Waals surface area contributed by atoms with Gasteiger partial charge < -0.3 is 14.6 Å². The third kappa shape index (κ3) is 9.41. The molecule has 0 aromatic rings. The molecule has 0 aromatic carbocycles. The highest BCUT2D eigenvalue weighted by Gasteiger charge is 2.38. The molecule has 5 atom stereocenters. The molecule has 1 N–H and O–H groups in total. The number of carbonyl (C=O) groups excluding carboxylic acids is 1. The lowest BCUT2D eigenvalue weighted by Gasteiger charge is -2.27. The van der Waals surface area contributed by atoms with Crippen molar-refractivity contribution >= 4 is 11.8 Å². The molecule has 2 rings (SSSR count). The Bertz CT molecular complexity index is 632. The van der Waals surface area contributed by atoms with Crippen molar-refractivity contribution in [3.63, 3.8) is 0 Å². The normalized spacial score (nSPS) is 27.3. The van der Waals surface area contributed by atoms with E-state index in [0.717, 1.165) is 45.1 Å². The molecule has 0 bridgehead atoms. The first-order valence-corrected chi connectivity index (χ1v) is 12.5.